The number of unbranched alkanes of at least 4 members (excludes halogenated alkanes) is 1. The highest BCUT2D eigenvalue weighted by Gasteiger charge is 2.08. The van der Waals surface area contributed by atoms with Crippen LogP contribution >= 0.6 is 0 Å². The molecule has 0 amide bonds. The molecule has 0 aromatic heterocycles. The lowest BCUT2D eigenvalue weighted by Crippen LogP contribution is -2.32. The van der Waals surface area contributed by atoms with E-state index in [9.17, 15) is 0 Å². The second kappa shape index (κ2) is 9.47. The Hall–Kier alpha value is -0.0800. The summed E-state index contributed by atoms with van der Waals surface area (Å²) in [7, 11) is 0. The van der Waals surface area contributed by atoms with E-state index in [0.717, 1.165) is 25.6 Å². The summed E-state index contributed by atoms with van der Waals surface area (Å²) < 4.78 is 0. The molecule has 14 heavy (non-hydrogen) atoms. The second-order valence-electron chi connectivity index (χ2n) is 4.27. The monoisotopic (exact) mass is 201 g/mol. The van der Waals surface area contributed by atoms with E-state index >= 15 is 0 Å². The maximum absolute atomic E-state index is 8.94. The van der Waals surface area contributed by atoms with Crippen molar-refractivity contribution in [2.24, 2.45) is 5.92 Å². The Morgan fingerprint density at radius 3 is 2.36 bits per heavy atom. The van der Waals surface area contributed by atoms with Crippen molar-refractivity contribution in [1.29, 1.82) is 0 Å². The molecule has 2 nitrogen and oxygen atoms in total. The van der Waals surface area contributed by atoms with E-state index < -0.39 is 0 Å². The van der Waals surface area contributed by atoms with E-state index in [4.69, 9.17) is 5.11 Å². The Labute approximate surface area is 89.3 Å². The van der Waals surface area contributed by atoms with Gasteiger partial charge in [-0.2, -0.15) is 0 Å². The van der Waals surface area contributed by atoms with Gasteiger partial charge >= 0.3 is 0 Å². The van der Waals surface area contributed by atoms with Crippen molar-refractivity contribution >= 4 is 0 Å². The summed E-state index contributed by atoms with van der Waals surface area (Å²) in [5, 5.41) is 8.94. The molecule has 0 saturated heterocycles. The smallest absolute Gasteiger partial charge is 0.0558 e. The van der Waals surface area contributed by atoms with Crippen molar-refractivity contribution < 1.29 is 5.11 Å². The van der Waals surface area contributed by atoms with Crippen molar-refractivity contribution in [3.05, 3.63) is 0 Å². The van der Waals surface area contributed by atoms with E-state index in [1.807, 2.05) is 0 Å². The molecule has 1 unspecified atom stereocenters. The standard InChI is InChI=1S/C12H27NO/c1-4-6-8-13(9-10-14)11-12(3)7-5-2/h12,14H,4-11H2,1-3H3. The average Bonchev–Trinajstić information content (AvgIpc) is 2.15. The van der Waals surface area contributed by atoms with Crippen LogP contribution in [0.4, 0.5) is 0 Å². The van der Waals surface area contributed by atoms with E-state index in [-0.39, 0.29) is 0 Å². The van der Waals surface area contributed by atoms with Crippen LogP contribution in [-0.2, 0) is 0 Å². The maximum Gasteiger partial charge on any atom is 0.0558 e. The average molecular weight is 201 g/mol. The third kappa shape index (κ3) is 7.34. The zero-order valence-corrected chi connectivity index (χ0v) is 10.1. The minimum absolute atomic E-state index is 0.294. The fourth-order valence-electron chi connectivity index (χ4n) is 1.84. The molecule has 2 heteroatoms. The zero-order valence-electron chi connectivity index (χ0n) is 10.1. The molecular weight excluding hydrogens is 174 g/mol. The van der Waals surface area contributed by atoms with Crippen LogP contribution in [0.5, 0.6) is 0 Å². The van der Waals surface area contributed by atoms with Gasteiger partial charge in [-0.15, -0.1) is 0 Å². The highest BCUT2D eigenvalue weighted by atomic mass is 16.3. The summed E-state index contributed by atoms with van der Waals surface area (Å²) in [4.78, 5) is 2.39. The predicted octanol–water partition coefficient (Wildman–Crippen LogP) is 2.52. The molecule has 0 saturated carbocycles. The summed E-state index contributed by atoms with van der Waals surface area (Å²) in [6.45, 7) is 10.2. The van der Waals surface area contributed by atoms with E-state index in [2.05, 4.69) is 25.7 Å². The highest BCUT2D eigenvalue weighted by Crippen LogP contribution is 2.08. The molecule has 0 aliphatic carbocycles. The van der Waals surface area contributed by atoms with Crippen LogP contribution in [0.3, 0.4) is 0 Å². The van der Waals surface area contributed by atoms with Gasteiger partial charge in [0.15, 0.2) is 0 Å². The van der Waals surface area contributed by atoms with Gasteiger partial charge in [0.25, 0.3) is 0 Å². The largest absolute Gasteiger partial charge is 0.395 e. The molecule has 0 aliphatic rings. The fraction of sp³-hybridized carbons (Fsp3) is 1.00. The van der Waals surface area contributed by atoms with Crippen molar-refractivity contribution in [3.8, 4) is 0 Å². The van der Waals surface area contributed by atoms with Gasteiger partial charge in [0.2, 0.25) is 0 Å². The Bertz CT molecular complexity index is 117. The van der Waals surface area contributed by atoms with Crippen LogP contribution in [0.1, 0.15) is 46.5 Å². The molecule has 0 bridgehead atoms. The topological polar surface area (TPSA) is 23.5 Å². The molecular formula is C12H27NO. The molecule has 1 N–H and O–H groups in total. The zero-order chi connectivity index (χ0) is 10.8. The minimum atomic E-state index is 0.294. The van der Waals surface area contributed by atoms with Crippen molar-refractivity contribution in [2.75, 3.05) is 26.2 Å². The first-order valence-corrected chi connectivity index (χ1v) is 6.07. The molecule has 0 fully saturated rings. The normalized spacial score (nSPS) is 13.5. The summed E-state index contributed by atoms with van der Waals surface area (Å²) in [5.74, 6) is 0.767. The second-order valence-corrected chi connectivity index (χ2v) is 4.27. The number of nitrogens with zero attached hydrogens (tertiary/aromatic N) is 1. The number of aliphatic hydroxyl groups is 1. The van der Waals surface area contributed by atoms with Gasteiger partial charge in [0.05, 0.1) is 6.61 Å². The highest BCUT2D eigenvalue weighted by molar-refractivity contribution is 4.62. The maximum atomic E-state index is 8.94. The first-order chi connectivity index (χ1) is 6.74. The summed E-state index contributed by atoms with van der Waals surface area (Å²) in [6.07, 6.45) is 5.05. The lowest BCUT2D eigenvalue weighted by molar-refractivity contribution is 0.174. The molecule has 0 radical (unpaired) electrons. The minimum Gasteiger partial charge on any atom is -0.395 e. The van der Waals surface area contributed by atoms with Crippen molar-refractivity contribution in [1.82, 2.24) is 4.90 Å². The Balaban J connectivity index is 3.69. The van der Waals surface area contributed by atoms with Gasteiger partial charge in [-0.05, 0) is 25.3 Å². The van der Waals surface area contributed by atoms with Gasteiger partial charge in [0.1, 0.15) is 0 Å². The molecule has 0 aromatic rings. The fourth-order valence-corrected chi connectivity index (χ4v) is 1.84. The third-order valence-corrected chi connectivity index (χ3v) is 2.60. The van der Waals surface area contributed by atoms with Crippen LogP contribution in [0.15, 0.2) is 0 Å². The van der Waals surface area contributed by atoms with Crippen LogP contribution in [0.2, 0.25) is 0 Å². The van der Waals surface area contributed by atoms with Gasteiger partial charge in [0, 0.05) is 13.1 Å². The van der Waals surface area contributed by atoms with E-state index in [1.54, 1.807) is 0 Å². The van der Waals surface area contributed by atoms with Gasteiger partial charge in [-0.3, -0.25) is 0 Å². The lowest BCUT2D eigenvalue weighted by atomic mass is 10.1. The summed E-state index contributed by atoms with van der Waals surface area (Å²) >= 11 is 0. The van der Waals surface area contributed by atoms with Gasteiger partial charge in [-0.1, -0.05) is 33.6 Å². The molecule has 0 rings (SSSR count). The van der Waals surface area contributed by atoms with Gasteiger partial charge < -0.3 is 10.0 Å². The van der Waals surface area contributed by atoms with Crippen molar-refractivity contribution in [3.63, 3.8) is 0 Å². The first kappa shape index (κ1) is 13.9. The number of aliphatic hydroxyl groups excluding tert-OH is 1. The predicted molar refractivity (Wildman–Crippen MR) is 62.5 cm³/mol. The van der Waals surface area contributed by atoms with Crippen LogP contribution in [0, 0.1) is 5.92 Å². The number of hydrogen-bond acceptors (Lipinski definition) is 2. The number of hydrogen-bond donors (Lipinski definition) is 1. The van der Waals surface area contributed by atoms with Crippen LogP contribution in [-0.4, -0.2) is 36.2 Å². The molecule has 0 spiro atoms. The summed E-state index contributed by atoms with van der Waals surface area (Å²) in [6, 6.07) is 0. The third-order valence-electron chi connectivity index (χ3n) is 2.60. The van der Waals surface area contributed by atoms with Crippen LogP contribution in [0.25, 0.3) is 0 Å². The van der Waals surface area contributed by atoms with Gasteiger partial charge in [-0.25, -0.2) is 0 Å². The Morgan fingerprint density at radius 2 is 1.86 bits per heavy atom. The first-order valence-electron chi connectivity index (χ1n) is 6.07. The van der Waals surface area contributed by atoms with E-state index in [1.165, 1.54) is 25.7 Å². The summed E-state index contributed by atoms with van der Waals surface area (Å²) in [5.41, 5.74) is 0. The Kier molecular flexibility index (Phi) is 9.42. The number of rotatable bonds is 9. The van der Waals surface area contributed by atoms with Crippen LogP contribution < -0.4 is 0 Å². The quantitative estimate of drug-likeness (QED) is 0.619. The lowest BCUT2D eigenvalue weighted by Gasteiger charge is -2.24. The van der Waals surface area contributed by atoms with E-state index in [0.29, 0.717) is 6.61 Å². The molecule has 86 valence electrons. The molecule has 0 aliphatic heterocycles. The molecule has 0 heterocycles. The Morgan fingerprint density at radius 1 is 1.14 bits per heavy atom. The molecule has 0 aromatic carbocycles. The molecule has 1 atom stereocenters. The SMILES string of the molecule is CCCCN(CCO)CC(C)CCC. The van der Waals surface area contributed by atoms with Crippen molar-refractivity contribution in [2.45, 2.75) is 46.5 Å².